The van der Waals surface area contributed by atoms with E-state index >= 15 is 0 Å². The summed E-state index contributed by atoms with van der Waals surface area (Å²) in [6.45, 7) is 0. The molecule has 0 amide bonds. The van der Waals surface area contributed by atoms with Gasteiger partial charge in [0.05, 0.1) is 17.6 Å². The quantitative estimate of drug-likeness (QED) is 0.760. The molecule has 4 nitrogen and oxygen atoms in total. The van der Waals surface area contributed by atoms with Gasteiger partial charge in [-0.05, 0) is 25.0 Å². The van der Waals surface area contributed by atoms with Crippen LogP contribution >= 0.6 is 11.3 Å². The molecular formula is C14H10F2N4S. The maximum absolute atomic E-state index is 13.7. The highest BCUT2D eigenvalue weighted by Gasteiger charge is 2.22. The van der Waals surface area contributed by atoms with E-state index in [9.17, 15) is 8.78 Å². The molecule has 1 aromatic carbocycles. The summed E-state index contributed by atoms with van der Waals surface area (Å²) in [5.74, 6) is -0.995. The number of thiazole rings is 1. The molecule has 2 aromatic heterocycles. The monoisotopic (exact) mass is 304 g/mol. The Balaban J connectivity index is 1.71. The molecule has 0 saturated heterocycles. The van der Waals surface area contributed by atoms with E-state index < -0.39 is 11.6 Å². The molecule has 2 N–H and O–H groups in total. The van der Waals surface area contributed by atoms with Crippen molar-refractivity contribution in [2.75, 3.05) is 5.32 Å². The van der Waals surface area contributed by atoms with Crippen LogP contribution < -0.4 is 5.32 Å². The Morgan fingerprint density at radius 1 is 1.24 bits per heavy atom. The van der Waals surface area contributed by atoms with Gasteiger partial charge in [0.1, 0.15) is 11.6 Å². The largest absolute Gasteiger partial charge is 0.329 e. The first kappa shape index (κ1) is 12.5. The fourth-order valence-corrected chi connectivity index (χ4v) is 3.43. The highest BCUT2D eigenvalue weighted by atomic mass is 32.1. The van der Waals surface area contributed by atoms with Gasteiger partial charge in [0, 0.05) is 22.2 Å². The molecular weight excluding hydrogens is 294 g/mol. The van der Waals surface area contributed by atoms with E-state index in [2.05, 4.69) is 20.5 Å². The number of anilines is 2. The molecule has 4 rings (SSSR count). The topological polar surface area (TPSA) is 53.6 Å². The summed E-state index contributed by atoms with van der Waals surface area (Å²) in [7, 11) is 0. The molecule has 2 heterocycles. The van der Waals surface area contributed by atoms with Crippen LogP contribution in [0.5, 0.6) is 0 Å². The van der Waals surface area contributed by atoms with Crippen LogP contribution in [0.3, 0.4) is 0 Å². The smallest absolute Gasteiger partial charge is 0.188 e. The third-order valence-corrected chi connectivity index (χ3v) is 4.47. The zero-order chi connectivity index (χ0) is 14.4. The fourth-order valence-electron chi connectivity index (χ4n) is 2.44. The van der Waals surface area contributed by atoms with Gasteiger partial charge in [0.15, 0.2) is 5.13 Å². The third kappa shape index (κ3) is 2.09. The Bertz CT molecular complexity index is 824. The Kier molecular flexibility index (Phi) is 2.75. The van der Waals surface area contributed by atoms with Gasteiger partial charge < -0.3 is 5.32 Å². The van der Waals surface area contributed by atoms with E-state index in [1.54, 1.807) is 6.20 Å². The maximum atomic E-state index is 13.7. The summed E-state index contributed by atoms with van der Waals surface area (Å²) in [4.78, 5) is 5.62. The lowest BCUT2D eigenvalue weighted by Gasteiger charge is -2.08. The number of H-pyrrole nitrogens is 1. The Morgan fingerprint density at radius 2 is 2.14 bits per heavy atom. The second kappa shape index (κ2) is 4.63. The van der Waals surface area contributed by atoms with Gasteiger partial charge in [-0.3, -0.25) is 5.10 Å². The Morgan fingerprint density at radius 3 is 3.05 bits per heavy atom. The van der Waals surface area contributed by atoms with Crippen LogP contribution in [0.1, 0.15) is 10.6 Å². The fraction of sp³-hybridized carbons (Fsp3) is 0.143. The summed E-state index contributed by atoms with van der Waals surface area (Å²) in [6.07, 6.45) is 3.51. The van der Waals surface area contributed by atoms with Crippen LogP contribution in [0, 0.1) is 11.6 Å². The van der Waals surface area contributed by atoms with Crippen LogP contribution in [-0.4, -0.2) is 15.2 Å². The highest BCUT2D eigenvalue weighted by Crippen LogP contribution is 2.38. The summed E-state index contributed by atoms with van der Waals surface area (Å²) < 4.78 is 26.9. The first-order chi connectivity index (χ1) is 10.2. The minimum absolute atomic E-state index is 0.0912. The number of nitrogens with one attached hydrogen (secondary N) is 2. The van der Waals surface area contributed by atoms with Crippen LogP contribution in [0.2, 0.25) is 0 Å². The van der Waals surface area contributed by atoms with E-state index in [1.807, 2.05) is 0 Å². The van der Waals surface area contributed by atoms with Crippen molar-refractivity contribution in [2.24, 2.45) is 0 Å². The first-order valence-corrected chi connectivity index (χ1v) is 7.27. The molecule has 0 atom stereocenters. The summed E-state index contributed by atoms with van der Waals surface area (Å²) in [6, 6.07) is 3.31. The van der Waals surface area contributed by atoms with Crippen molar-refractivity contribution in [3.05, 3.63) is 46.6 Å². The number of aromatic nitrogens is 3. The lowest BCUT2D eigenvalue weighted by atomic mass is 10.0. The average molecular weight is 304 g/mol. The van der Waals surface area contributed by atoms with Crippen LogP contribution in [0.15, 0.2) is 24.4 Å². The van der Waals surface area contributed by atoms with Gasteiger partial charge in [0.2, 0.25) is 0 Å². The summed E-state index contributed by atoms with van der Waals surface area (Å²) in [5.41, 5.74) is 3.01. The SMILES string of the molecule is Fc1ccc(F)c(Nc2nc3c(s2)CCc2[nH]ncc2-3)c1. The van der Waals surface area contributed by atoms with E-state index in [4.69, 9.17) is 0 Å². The third-order valence-electron chi connectivity index (χ3n) is 3.44. The number of hydrogen-bond acceptors (Lipinski definition) is 4. The number of aryl methyl sites for hydroxylation is 2. The number of fused-ring (bicyclic) bond motifs is 3. The van der Waals surface area contributed by atoms with E-state index in [-0.39, 0.29) is 5.69 Å². The highest BCUT2D eigenvalue weighted by molar-refractivity contribution is 7.16. The van der Waals surface area contributed by atoms with Crippen molar-refractivity contribution in [1.29, 1.82) is 0 Å². The van der Waals surface area contributed by atoms with Gasteiger partial charge >= 0.3 is 0 Å². The molecule has 106 valence electrons. The molecule has 3 aromatic rings. The molecule has 1 aliphatic carbocycles. The van der Waals surface area contributed by atoms with Gasteiger partial charge in [0.25, 0.3) is 0 Å². The van der Waals surface area contributed by atoms with Crippen LogP contribution in [-0.2, 0) is 12.8 Å². The standard InChI is InChI=1S/C14H10F2N4S/c15-7-1-2-9(16)11(5-7)18-14-19-13-8-6-17-20-10(8)3-4-12(13)21-14/h1-2,5-6H,3-4H2,(H,17,20)(H,18,19). The van der Waals surface area contributed by atoms with Gasteiger partial charge in [-0.25, -0.2) is 13.8 Å². The number of rotatable bonds is 2. The number of nitrogens with zero attached hydrogens (tertiary/aromatic N) is 2. The van der Waals surface area contributed by atoms with Crippen molar-refractivity contribution >= 4 is 22.2 Å². The van der Waals surface area contributed by atoms with Crippen molar-refractivity contribution in [3.8, 4) is 11.3 Å². The average Bonchev–Trinajstić information content (AvgIpc) is 3.07. The summed E-state index contributed by atoms with van der Waals surface area (Å²) >= 11 is 1.46. The Hall–Kier alpha value is -2.28. The van der Waals surface area contributed by atoms with Crippen LogP contribution in [0.25, 0.3) is 11.3 Å². The normalized spacial score (nSPS) is 12.9. The number of aromatic amines is 1. The summed E-state index contributed by atoms with van der Waals surface area (Å²) in [5, 5.41) is 10.4. The minimum atomic E-state index is -0.506. The molecule has 0 aliphatic heterocycles. The lowest BCUT2D eigenvalue weighted by molar-refractivity contribution is 0.603. The van der Waals surface area contributed by atoms with Crippen molar-refractivity contribution in [1.82, 2.24) is 15.2 Å². The molecule has 0 saturated carbocycles. The minimum Gasteiger partial charge on any atom is -0.329 e. The van der Waals surface area contributed by atoms with Crippen molar-refractivity contribution in [3.63, 3.8) is 0 Å². The molecule has 1 aliphatic rings. The lowest BCUT2D eigenvalue weighted by Crippen LogP contribution is -2.00. The Labute approximate surface area is 122 Å². The molecule has 21 heavy (non-hydrogen) atoms. The molecule has 0 unspecified atom stereocenters. The number of hydrogen-bond donors (Lipinski definition) is 2. The first-order valence-electron chi connectivity index (χ1n) is 6.45. The second-order valence-electron chi connectivity index (χ2n) is 4.80. The molecule has 0 spiro atoms. The maximum Gasteiger partial charge on any atom is 0.188 e. The second-order valence-corrected chi connectivity index (χ2v) is 5.89. The number of benzene rings is 1. The molecule has 7 heteroatoms. The van der Waals surface area contributed by atoms with E-state index in [0.29, 0.717) is 5.13 Å². The van der Waals surface area contributed by atoms with Crippen LogP contribution in [0.4, 0.5) is 19.6 Å². The van der Waals surface area contributed by atoms with Gasteiger partial charge in [-0.2, -0.15) is 5.10 Å². The van der Waals surface area contributed by atoms with E-state index in [0.717, 1.165) is 52.9 Å². The van der Waals surface area contributed by atoms with Gasteiger partial charge in [-0.15, -0.1) is 11.3 Å². The molecule has 0 fully saturated rings. The van der Waals surface area contributed by atoms with Crippen molar-refractivity contribution < 1.29 is 8.78 Å². The predicted octanol–water partition coefficient (Wildman–Crippen LogP) is 3.65. The zero-order valence-electron chi connectivity index (χ0n) is 10.8. The van der Waals surface area contributed by atoms with Gasteiger partial charge in [-0.1, -0.05) is 0 Å². The number of halogens is 2. The zero-order valence-corrected chi connectivity index (χ0v) is 11.6. The predicted molar refractivity (Wildman–Crippen MR) is 76.7 cm³/mol. The van der Waals surface area contributed by atoms with Crippen molar-refractivity contribution in [2.45, 2.75) is 12.8 Å². The molecule has 0 bridgehead atoms. The van der Waals surface area contributed by atoms with E-state index in [1.165, 1.54) is 11.3 Å². The molecule has 0 radical (unpaired) electrons.